The fourth-order valence-corrected chi connectivity index (χ4v) is 3.33. The molecule has 1 saturated heterocycles. The maximum absolute atomic E-state index is 13.2. The molecular formula is C19H35N7O5. The van der Waals surface area contributed by atoms with Crippen LogP contribution in [-0.4, -0.2) is 76.9 Å². The normalized spacial score (nSPS) is 18.7. The molecule has 0 radical (unpaired) electrons. The molecule has 9 N–H and O–H groups in total. The van der Waals surface area contributed by atoms with Crippen molar-refractivity contribution in [3.63, 3.8) is 0 Å². The van der Waals surface area contributed by atoms with Crippen molar-refractivity contribution in [1.29, 1.82) is 0 Å². The van der Waals surface area contributed by atoms with Crippen LogP contribution >= 0.6 is 0 Å². The smallest absolute Gasteiger partial charge is 0.326 e. The van der Waals surface area contributed by atoms with Crippen LogP contribution in [0, 0.1) is 5.92 Å². The molecule has 31 heavy (non-hydrogen) atoms. The summed E-state index contributed by atoms with van der Waals surface area (Å²) in [5, 5.41) is 14.5. The Hall–Kier alpha value is -2.89. The number of carbonyl (C=O) groups excluding carboxylic acids is 3. The predicted octanol–water partition coefficient (Wildman–Crippen LogP) is -1.91. The van der Waals surface area contributed by atoms with Gasteiger partial charge in [-0.1, -0.05) is 13.8 Å². The molecule has 1 fully saturated rings. The second-order valence-corrected chi connectivity index (χ2v) is 8.06. The average Bonchev–Trinajstić information content (AvgIpc) is 3.16. The van der Waals surface area contributed by atoms with Gasteiger partial charge in [0.05, 0.1) is 6.04 Å². The first-order valence-corrected chi connectivity index (χ1v) is 10.4. The van der Waals surface area contributed by atoms with E-state index in [-0.39, 0.29) is 24.8 Å². The van der Waals surface area contributed by atoms with E-state index >= 15 is 0 Å². The molecular weight excluding hydrogens is 406 g/mol. The maximum atomic E-state index is 13.2. The Morgan fingerprint density at radius 3 is 2.32 bits per heavy atom. The molecule has 0 bridgehead atoms. The van der Waals surface area contributed by atoms with Gasteiger partial charge in [0.25, 0.3) is 0 Å². The summed E-state index contributed by atoms with van der Waals surface area (Å²) in [5.41, 5.74) is 16.2. The van der Waals surface area contributed by atoms with E-state index in [1.165, 1.54) is 11.8 Å². The van der Waals surface area contributed by atoms with Crippen molar-refractivity contribution in [2.24, 2.45) is 28.1 Å². The Labute approximate surface area is 182 Å². The fourth-order valence-electron chi connectivity index (χ4n) is 3.33. The Kier molecular flexibility index (Phi) is 10.2. The van der Waals surface area contributed by atoms with Gasteiger partial charge >= 0.3 is 5.97 Å². The molecule has 1 heterocycles. The number of hydrogen-bond acceptors (Lipinski definition) is 6. The van der Waals surface area contributed by atoms with Crippen LogP contribution in [0.4, 0.5) is 0 Å². The molecule has 4 atom stereocenters. The second kappa shape index (κ2) is 12.1. The van der Waals surface area contributed by atoms with Gasteiger partial charge in [0.2, 0.25) is 17.7 Å². The first kappa shape index (κ1) is 26.1. The number of aliphatic imine (C=N–C) groups is 1. The third-order valence-electron chi connectivity index (χ3n) is 5.04. The molecule has 0 aliphatic carbocycles. The average molecular weight is 442 g/mol. The summed E-state index contributed by atoms with van der Waals surface area (Å²) >= 11 is 0. The highest BCUT2D eigenvalue weighted by Crippen LogP contribution is 2.20. The molecule has 12 heteroatoms. The summed E-state index contributed by atoms with van der Waals surface area (Å²) in [6.07, 6.45) is 1.67. The maximum Gasteiger partial charge on any atom is 0.326 e. The minimum absolute atomic E-state index is 0.0723. The number of amides is 3. The zero-order chi connectivity index (χ0) is 23.7. The van der Waals surface area contributed by atoms with Gasteiger partial charge in [-0.3, -0.25) is 19.4 Å². The number of nitrogens with zero attached hydrogens (tertiary/aromatic N) is 2. The van der Waals surface area contributed by atoms with Gasteiger partial charge in [-0.25, -0.2) is 4.79 Å². The highest BCUT2D eigenvalue weighted by atomic mass is 16.4. The van der Waals surface area contributed by atoms with Gasteiger partial charge in [-0.15, -0.1) is 0 Å². The standard InChI is InChI=1S/C19H35N7O5/c1-10(2)14(18(30)31)25-16(28)13-7-5-9-26(13)17(29)12(24-15(27)11(3)20)6-4-8-23-19(21)22/h10-14H,4-9,20H2,1-3H3,(H,24,27)(H,25,28)(H,30,31)(H4,21,22,23). The van der Waals surface area contributed by atoms with Crippen LogP contribution in [0.25, 0.3) is 0 Å². The van der Waals surface area contributed by atoms with Crippen LogP contribution in [0.3, 0.4) is 0 Å². The zero-order valence-corrected chi connectivity index (χ0v) is 18.3. The van der Waals surface area contributed by atoms with E-state index in [4.69, 9.17) is 17.2 Å². The number of nitrogens with two attached hydrogens (primary N) is 3. The highest BCUT2D eigenvalue weighted by molar-refractivity contribution is 5.94. The molecule has 176 valence electrons. The summed E-state index contributed by atoms with van der Waals surface area (Å²) in [6.45, 7) is 5.48. The molecule has 0 saturated carbocycles. The first-order valence-electron chi connectivity index (χ1n) is 10.4. The molecule has 1 aliphatic rings. The van der Waals surface area contributed by atoms with Gasteiger partial charge in [0, 0.05) is 13.1 Å². The first-order chi connectivity index (χ1) is 14.5. The Morgan fingerprint density at radius 1 is 1.16 bits per heavy atom. The summed E-state index contributed by atoms with van der Waals surface area (Å²) in [5.74, 6) is -2.97. The number of carboxylic acids is 1. The van der Waals surface area contributed by atoms with Crippen molar-refractivity contribution >= 4 is 29.7 Å². The van der Waals surface area contributed by atoms with Crippen LogP contribution in [0.5, 0.6) is 0 Å². The van der Waals surface area contributed by atoms with E-state index in [9.17, 15) is 24.3 Å². The predicted molar refractivity (Wildman–Crippen MR) is 115 cm³/mol. The van der Waals surface area contributed by atoms with Crippen molar-refractivity contribution < 1.29 is 24.3 Å². The molecule has 0 aromatic carbocycles. The van der Waals surface area contributed by atoms with Crippen LogP contribution in [0.1, 0.15) is 46.5 Å². The Morgan fingerprint density at radius 2 is 1.81 bits per heavy atom. The van der Waals surface area contributed by atoms with Crippen LogP contribution < -0.4 is 27.8 Å². The third-order valence-corrected chi connectivity index (χ3v) is 5.04. The summed E-state index contributed by atoms with van der Waals surface area (Å²) in [6, 6.07) is -3.58. The number of rotatable bonds is 11. The highest BCUT2D eigenvalue weighted by Gasteiger charge is 2.39. The number of carboxylic acid groups (broad SMARTS) is 1. The molecule has 0 aromatic heterocycles. The largest absolute Gasteiger partial charge is 0.480 e. The van der Waals surface area contributed by atoms with Crippen molar-refractivity contribution in [3.8, 4) is 0 Å². The summed E-state index contributed by atoms with van der Waals surface area (Å²) in [7, 11) is 0. The number of likely N-dealkylation sites (tertiary alicyclic amines) is 1. The molecule has 0 spiro atoms. The lowest BCUT2D eigenvalue weighted by Gasteiger charge is -2.30. The lowest BCUT2D eigenvalue weighted by molar-refractivity contribution is -0.145. The van der Waals surface area contributed by atoms with Crippen molar-refractivity contribution in [1.82, 2.24) is 15.5 Å². The third kappa shape index (κ3) is 8.04. The van der Waals surface area contributed by atoms with E-state index in [2.05, 4.69) is 15.6 Å². The van der Waals surface area contributed by atoms with Crippen molar-refractivity contribution in [2.45, 2.75) is 70.6 Å². The lowest BCUT2D eigenvalue weighted by Crippen LogP contribution is -2.57. The lowest BCUT2D eigenvalue weighted by atomic mass is 10.0. The minimum Gasteiger partial charge on any atom is -0.480 e. The fraction of sp³-hybridized carbons (Fsp3) is 0.737. The van der Waals surface area contributed by atoms with Gasteiger partial charge in [0.1, 0.15) is 18.1 Å². The number of guanidine groups is 1. The summed E-state index contributed by atoms with van der Waals surface area (Å²) in [4.78, 5) is 54.7. The monoisotopic (exact) mass is 441 g/mol. The Balaban J connectivity index is 2.93. The molecule has 1 rings (SSSR count). The topological polar surface area (TPSA) is 206 Å². The van der Waals surface area contributed by atoms with Gasteiger partial charge in [-0.05, 0) is 38.5 Å². The minimum atomic E-state index is -1.14. The van der Waals surface area contributed by atoms with E-state index < -0.39 is 47.9 Å². The van der Waals surface area contributed by atoms with Crippen molar-refractivity contribution in [2.75, 3.05) is 13.1 Å². The number of hydrogen-bond donors (Lipinski definition) is 6. The second-order valence-electron chi connectivity index (χ2n) is 8.06. The molecule has 12 nitrogen and oxygen atoms in total. The van der Waals surface area contributed by atoms with Gasteiger partial charge in [0.15, 0.2) is 5.96 Å². The molecule has 0 aromatic rings. The van der Waals surface area contributed by atoms with Gasteiger partial charge in [-0.2, -0.15) is 0 Å². The number of aliphatic carboxylic acids is 1. The van der Waals surface area contributed by atoms with E-state index in [0.717, 1.165) is 0 Å². The summed E-state index contributed by atoms with van der Waals surface area (Å²) < 4.78 is 0. The molecule has 3 amide bonds. The quantitative estimate of drug-likeness (QED) is 0.121. The van der Waals surface area contributed by atoms with E-state index in [1.807, 2.05) is 0 Å². The number of carbonyl (C=O) groups is 4. The van der Waals surface area contributed by atoms with E-state index in [0.29, 0.717) is 25.8 Å². The van der Waals surface area contributed by atoms with Crippen LogP contribution in [0.2, 0.25) is 0 Å². The molecule has 1 aliphatic heterocycles. The Bertz CT molecular complexity index is 691. The van der Waals surface area contributed by atoms with Crippen molar-refractivity contribution in [3.05, 3.63) is 0 Å². The van der Waals surface area contributed by atoms with E-state index in [1.54, 1.807) is 13.8 Å². The van der Waals surface area contributed by atoms with Gasteiger partial charge < -0.3 is 37.8 Å². The number of nitrogens with one attached hydrogen (secondary N) is 2. The molecule has 4 unspecified atom stereocenters. The SMILES string of the molecule is CC(N)C(=O)NC(CCCN=C(N)N)C(=O)N1CCCC1C(=O)NC(C(=O)O)C(C)C. The van der Waals surface area contributed by atoms with Crippen LogP contribution in [-0.2, 0) is 19.2 Å². The zero-order valence-electron chi connectivity index (χ0n) is 18.3. The van der Waals surface area contributed by atoms with Crippen LogP contribution in [0.15, 0.2) is 4.99 Å².